The van der Waals surface area contributed by atoms with Gasteiger partial charge in [0.05, 0.1) is 11.3 Å². The summed E-state index contributed by atoms with van der Waals surface area (Å²) in [5, 5.41) is 21.6. The molecule has 4 nitrogen and oxygen atoms in total. The summed E-state index contributed by atoms with van der Waals surface area (Å²) in [6.45, 7) is 5.98. The first-order valence-electron chi connectivity index (χ1n) is 6.64. The third-order valence-electron chi connectivity index (χ3n) is 2.77. The van der Waals surface area contributed by atoms with Crippen LogP contribution in [-0.4, -0.2) is 22.9 Å². The van der Waals surface area contributed by atoms with Crippen molar-refractivity contribution in [3.05, 3.63) is 23.8 Å². The minimum absolute atomic E-state index is 0.266. The van der Waals surface area contributed by atoms with Gasteiger partial charge in [0.25, 0.3) is 0 Å². The Morgan fingerprint density at radius 3 is 2.70 bits per heavy atom. The molecule has 1 aromatic carbocycles. The van der Waals surface area contributed by atoms with Crippen molar-refractivity contribution in [1.29, 1.82) is 5.26 Å². The van der Waals surface area contributed by atoms with Gasteiger partial charge >= 0.3 is 5.97 Å². The van der Waals surface area contributed by atoms with E-state index in [1.807, 2.05) is 32.9 Å². The maximum Gasteiger partial charge on any atom is 0.326 e. The Bertz CT molecular complexity index is 509. The summed E-state index contributed by atoms with van der Waals surface area (Å²) < 4.78 is 0. The maximum atomic E-state index is 11.3. The number of thioether (sulfide) groups is 1. The number of carboxylic acid groups (broad SMARTS) is 1. The summed E-state index contributed by atoms with van der Waals surface area (Å²) in [5.41, 5.74) is 1.12. The van der Waals surface area contributed by atoms with Crippen LogP contribution in [-0.2, 0) is 4.79 Å². The van der Waals surface area contributed by atoms with Crippen LogP contribution < -0.4 is 5.32 Å². The fraction of sp³-hybridized carbons (Fsp3) is 0.467. The summed E-state index contributed by atoms with van der Waals surface area (Å²) >= 11 is 1.58. The van der Waals surface area contributed by atoms with E-state index in [1.54, 1.807) is 17.8 Å². The predicted octanol–water partition coefficient (Wildman–Crippen LogP) is 3.58. The molecular weight excluding hydrogens is 272 g/mol. The van der Waals surface area contributed by atoms with Crippen LogP contribution >= 0.6 is 11.8 Å². The molecule has 5 heteroatoms. The van der Waals surface area contributed by atoms with Gasteiger partial charge in [-0.15, -0.1) is 11.8 Å². The highest BCUT2D eigenvalue weighted by Gasteiger charge is 2.20. The van der Waals surface area contributed by atoms with Crippen LogP contribution in [0, 0.1) is 17.2 Å². The summed E-state index contributed by atoms with van der Waals surface area (Å²) in [4.78, 5) is 12.2. The van der Waals surface area contributed by atoms with E-state index in [0.717, 1.165) is 10.6 Å². The molecule has 108 valence electrons. The van der Waals surface area contributed by atoms with Crippen molar-refractivity contribution < 1.29 is 9.90 Å². The molecule has 0 fully saturated rings. The van der Waals surface area contributed by atoms with Gasteiger partial charge in [-0.2, -0.15) is 5.26 Å². The molecule has 0 aliphatic rings. The molecule has 0 aliphatic heterocycles. The normalized spacial score (nSPS) is 11.9. The number of benzene rings is 1. The van der Waals surface area contributed by atoms with Crippen LogP contribution in [0.1, 0.15) is 32.8 Å². The summed E-state index contributed by atoms with van der Waals surface area (Å²) in [5.74, 6) is 0.241. The lowest BCUT2D eigenvalue weighted by Gasteiger charge is -2.19. The fourth-order valence-corrected chi connectivity index (χ4v) is 2.71. The van der Waals surface area contributed by atoms with Crippen molar-refractivity contribution in [3.8, 4) is 6.07 Å². The number of nitrogens with zero attached hydrogens (tertiary/aromatic N) is 1. The molecule has 0 radical (unpaired) electrons. The second-order valence-electron chi connectivity index (χ2n) is 4.89. The largest absolute Gasteiger partial charge is 0.480 e. The SMILES string of the molecule is CCSc1cccc(NC(CC(C)C)C(=O)O)c1C#N. The van der Waals surface area contributed by atoms with E-state index >= 15 is 0 Å². The molecule has 0 bridgehead atoms. The molecule has 0 saturated carbocycles. The van der Waals surface area contributed by atoms with Crippen molar-refractivity contribution in [3.63, 3.8) is 0 Å². The van der Waals surface area contributed by atoms with Crippen molar-refractivity contribution in [2.24, 2.45) is 5.92 Å². The van der Waals surface area contributed by atoms with Gasteiger partial charge in [0.1, 0.15) is 12.1 Å². The highest BCUT2D eigenvalue weighted by molar-refractivity contribution is 7.99. The second-order valence-corrected chi connectivity index (χ2v) is 6.19. The Morgan fingerprint density at radius 2 is 2.20 bits per heavy atom. The van der Waals surface area contributed by atoms with Crippen LogP contribution in [0.2, 0.25) is 0 Å². The third kappa shape index (κ3) is 4.46. The van der Waals surface area contributed by atoms with Gasteiger partial charge in [-0.25, -0.2) is 4.79 Å². The van der Waals surface area contributed by atoms with Gasteiger partial charge < -0.3 is 10.4 Å². The van der Waals surface area contributed by atoms with E-state index in [2.05, 4.69) is 11.4 Å². The van der Waals surface area contributed by atoms with Crippen molar-refractivity contribution in [2.45, 2.75) is 38.1 Å². The summed E-state index contributed by atoms with van der Waals surface area (Å²) in [7, 11) is 0. The molecular formula is C15H20N2O2S. The minimum atomic E-state index is -0.892. The van der Waals surface area contributed by atoms with Crippen molar-refractivity contribution in [1.82, 2.24) is 0 Å². The van der Waals surface area contributed by atoms with Crippen molar-refractivity contribution in [2.75, 3.05) is 11.1 Å². The maximum absolute atomic E-state index is 11.3. The zero-order chi connectivity index (χ0) is 15.1. The molecule has 1 atom stereocenters. The molecule has 0 aromatic heterocycles. The Morgan fingerprint density at radius 1 is 1.50 bits per heavy atom. The molecule has 20 heavy (non-hydrogen) atoms. The number of hydrogen-bond acceptors (Lipinski definition) is 4. The number of hydrogen-bond donors (Lipinski definition) is 2. The lowest BCUT2D eigenvalue weighted by atomic mass is 10.0. The average molecular weight is 292 g/mol. The lowest BCUT2D eigenvalue weighted by molar-refractivity contribution is -0.138. The van der Waals surface area contributed by atoms with Crippen LogP contribution in [0.3, 0.4) is 0 Å². The van der Waals surface area contributed by atoms with E-state index in [4.69, 9.17) is 0 Å². The Kier molecular flexibility index (Phi) is 6.40. The number of anilines is 1. The van der Waals surface area contributed by atoms with E-state index in [9.17, 15) is 15.2 Å². The first-order chi connectivity index (χ1) is 9.49. The van der Waals surface area contributed by atoms with Gasteiger partial charge in [-0.3, -0.25) is 0 Å². The number of nitrogens with one attached hydrogen (secondary N) is 1. The Balaban J connectivity index is 3.03. The Hall–Kier alpha value is -1.67. The second kappa shape index (κ2) is 7.81. The van der Waals surface area contributed by atoms with Crippen LogP contribution in [0.15, 0.2) is 23.1 Å². The highest BCUT2D eigenvalue weighted by atomic mass is 32.2. The molecule has 0 spiro atoms. The lowest BCUT2D eigenvalue weighted by Crippen LogP contribution is -2.31. The van der Waals surface area contributed by atoms with Crippen LogP contribution in [0.25, 0.3) is 0 Å². The van der Waals surface area contributed by atoms with E-state index in [1.165, 1.54) is 0 Å². The van der Waals surface area contributed by atoms with Crippen LogP contribution in [0.5, 0.6) is 0 Å². The molecule has 0 amide bonds. The number of rotatable bonds is 7. The van der Waals surface area contributed by atoms with E-state index in [-0.39, 0.29) is 5.92 Å². The molecule has 0 saturated heterocycles. The number of carbonyl (C=O) groups is 1. The van der Waals surface area contributed by atoms with Gasteiger partial charge in [-0.1, -0.05) is 26.8 Å². The fourth-order valence-electron chi connectivity index (χ4n) is 1.92. The zero-order valence-corrected chi connectivity index (χ0v) is 12.8. The van der Waals surface area contributed by atoms with E-state index in [0.29, 0.717) is 17.7 Å². The molecule has 0 heterocycles. The molecule has 1 rings (SSSR count). The van der Waals surface area contributed by atoms with Crippen LogP contribution in [0.4, 0.5) is 5.69 Å². The predicted molar refractivity (Wildman–Crippen MR) is 82.1 cm³/mol. The first kappa shape index (κ1) is 16.4. The third-order valence-corrected chi connectivity index (χ3v) is 3.71. The zero-order valence-electron chi connectivity index (χ0n) is 12.0. The molecule has 0 aliphatic carbocycles. The minimum Gasteiger partial charge on any atom is -0.480 e. The monoisotopic (exact) mass is 292 g/mol. The quantitative estimate of drug-likeness (QED) is 0.751. The van der Waals surface area contributed by atoms with Crippen molar-refractivity contribution >= 4 is 23.4 Å². The number of aliphatic carboxylic acids is 1. The topological polar surface area (TPSA) is 73.1 Å². The van der Waals surface area contributed by atoms with Gasteiger partial charge in [0.15, 0.2) is 0 Å². The molecule has 2 N–H and O–H groups in total. The summed E-state index contributed by atoms with van der Waals surface area (Å²) in [6.07, 6.45) is 0.519. The average Bonchev–Trinajstić information content (AvgIpc) is 2.38. The molecule has 1 unspecified atom stereocenters. The molecule has 1 aromatic rings. The van der Waals surface area contributed by atoms with Gasteiger partial charge in [-0.05, 0) is 30.2 Å². The smallest absolute Gasteiger partial charge is 0.326 e. The standard InChI is InChI=1S/C15H20N2O2S/c1-4-20-14-7-5-6-12(11(14)9-16)17-13(15(18)19)8-10(2)3/h5-7,10,13,17H,4,8H2,1-3H3,(H,18,19). The van der Waals surface area contributed by atoms with Gasteiger partial charge in [0.2, 0.25) is 0 Å². The summed E-state index contributed by atoms with van der Waals surface area (Å²) in [6, 6.07) is 6.98. The number of carboxylic acids is 1. The van der Waals surface area contributed by atoms with E-state index < -0.39 is 12.0 Å². The Labute approximate surface area is 124 Å². The van der Waals surface area contributed by atoms with Gasteiger partial charge in [0, 0.05) is 4.90 Å². The highest BCUT2D eigenvalue weighted by Crippen LogP contribution is 2.28. The number of nitriles is 1. The first-order valence-corrected chi connectivity index (χ1v) is 7.63.